The van der Waals surface area contributed by atoms with Crippen LogP contribution in [0.5, 0.6) is 0 Å². The number of alkyl carbamates (subject to hydrolysis) is 1. The molecule has 1 aliphatic carbocycles. The van der Waals surface area contributed by atoms with E-state index in [1.165, 1.54) is 0 Å². The van der Waals surface area contributed by atoms with Crippen molar-refractivity contribution in [1.82, 2.24) is 5.32 Å². The number of carbonyl (C=O) groups excluding carboxylic acids is 2. The van der Waals surface area contributed by atoms with Gasteiger partial charge in [0.05, 0.1) is 5.88 Å². The van der Waals surface area contributed by atoms with Gasteiger partial charge in [-0.2, -0.15) is 0 Å². The Morgan fingerprint density at radius 2 is 1.57 bits per heavy atom. The predicted octanol–water partition coefficient (Wildman–Crippen LogP) is 4.47. The summed E-state index contributed by atoms with van der Waals surface area (Å²) in [5.74, 6) is -0.732. The normalized spacial score (nSPS) is 14.0. The number of esters is 1. The van der Waals surface area contributed by atoms with E-state index in [1.54, 1.807) is 20.8 Å². The summed E-state index contributed by atoms with van der Waals surface area (Å²) in [6, 6.07) is 15.2. The van der Waals surface area contributed by atoms with Crippen LogP contribution in [-0.4, -0.2) is 36.2 Å². The molecule has 0 aliphatic heterocycles. The summed E-state index contributed by atoms with van der Waals surface area (Å²) in [7, 11) is 0. The van der Waals surface area contributed by atoms with Gasteiger partial charge in [-0.15, -0.1) is 11.6 Å². The minimum absolute atomic E-state index is 0.0471. The van der Waals surface area contributed by atoms with Crippen LogP contribution in [0.25, 0.3) is 11.1 Å². The van der Waals surface area contributed by atoms with E-state index < -0.39 is 23.7 Å². The van der Waals surface area contributed by atoms with Crippen LogP contribution < -0.4 is 5.32 Å². The Morgan fingerprint density at radius 1 is 1.04 bits per heavy atom. The van der Waals surface area contributed by atoms with Crippen molar-refractivity contribution in [3.05, 3.63) is 59.7 Å². The van der Waals surface area contributed by atoms with Crippen LogP contribution in [0, 0.1) is 0 Å². The van der Waals surface area contributed by atoms with Crippen molar-refractivity contribution in [2.75, 3.05) is 12.5 Å². The molecular weight excluding hydrogens is 378 g/mol. The van der Waals surface area contributed by atoms with Gasteiger partial charge in [-0.3, -0.25) is 0 Å². The van der Waals surface area contributed by atoms with Gasteiger partial charge in [0, 0.05) is 5.92 Å². The maximum Gasteiger partial charge on any atom is 0.407 e. The summed E-state index contributed by atoms with van der Waals surface area (Å²) in [6.45, 7) is 5.43. The minimum atomic E-state index is -0.962. The third-order valence-corrected chi connectivity index (χ3v) is 4.79. The van der Waals surface area contributed by atoms with E-state index >= 15 is 0 Å². The Morgan fingerprint density at radius 3 is 2.07 bits per heavy atom. The third kappa shape index (κ3) is 4.47. The maximum atomic E-state index is 12.3. The number of fused-ring (bicyclic) bond motifs is 3. The minimum Gasteiger partial charge on any atom is -0.458 e. The van der Waals surface area contributed by atoms with E-state index in [0.29, 0.717) is 0 Å². The lowest BCUT2D eigenvalue weighted by molar-refractivity contribution is -0.156. The smallest absolute Gasteiger partial charge is 0.407 e. The lowest BCUT2D eigenvalue weighted by Crippen LogP contribution is -2.45. The van der Waals surface area contributed by atoms with Gasteiger partial charge in [0.15, 0.2) is 0 Å². The van der Waals surface area contributed by atoms with Crippen LogP contribution in [0.3, 0.4) is 0 Å². The van der Waals surface area contributed by atoms with Crippen LogP contribution >= 0.6 is 11.6 Å². The predicted molar refractivity (Wildman–Crippen MR) is 109 cm³/mol. The zero-order chi connectivity index (χ0) is 20.3. The average Bonchev–Trinajstić information content (AvgIpc) is 2.97. The first kappa shape index (κ1) is 20.2. The number of rotatable bonds is 5. The number of halogens is 1. The number of nitrogens with one attached hydrogen (secondary N) is 1. The van der Waals surface area contributed by atoms with Gasteiger partial charge in [0.2, 0.25) is 0 Å². The Labute approximate surface area is 170 Å². The summed E-state index contributed by atoms with van der Waals surface area (Å²) in [5.41, 5.74) is 3.89. The molecule has 0 heterocycles. The zero-order valence-electron chi connectivity index (χ0n) is 16.2. The summed E-state index contributed by atoms with van der Waals surface area (Å²) < 4.78 is 10.7. The topological polar surface area (TPSA) is 64.6 Å². The molecule has 6 heteroatoms. The van der Waals surface area contributed by atoms with E-state index in [9.17, 15) is 9.59 Å². The van der Waals surface area contributed by atoms with Gasteiger partial charge in [-0.1, -0.05) is 48.5 Å². The molecule has 0 aromatic heterocycles. The van der Waals surface area contributed by atoms with E-state index in [0.717, 1.165) is 22.3 Å². The maximum absolute atomic E-state index is 12.3. The molecule has 0 radical (unpaired) electrons. The van der Waals surface area contributed by atoms with Crippen LogP contribution in [0.1, 0.15) is 37.8 Å². The monoisotopic (exact) mass is 401 g/mol. The molecule has 0 spiro atoms. The Kier molecular flexibility index (Phi) is 5.94. The van der Waals surface area contributed by atoms with E-state index in [2.05, 4.69) is 17.4 Å². The lowest BCUT2D eigenvalue weighted by atomic mass is 9.98. The highest BCUT2D eigenvalue weighted by atomic mass is 35.5. The molecule has 1 atom stereocenters. The Hall–Kier alpha value is -2.53. The molecule has 2 aromatic carbocycles. The number of ether oxygens (including phenoxy) is 2. The molecule has 1 aliphatic rings. The number of hydrogen-bond acceptors (Lipinski definition) is 4. The molecule has 0 saturated heterocycles. The molecule has 148 valence electrons. The molecule has 3 rings (SSSR count). The second-order valence-corrected chi connectivity index (χ2v) is 8.02. The number of hydrogen-bond donors (Lipinski definition) is 1. The highest BCUT2D eigenvalue weighted by molar-refractivity contribution is 6.19. The van der Waals surface area contributed by atoms with Crippen molar-refractivity contribution in [3.63, 3.8) is 0 Å². The number of benzene rings is 2. The molecule has 28 heavy (non-hydrogen) atoms. The molecule has 0 bridgehead atoms. The molecule has 2 aromatic rings. The largest absolute Gasteiger partial charge is 0.458 e. The second kappa shape index (κ2) is 8.23. The highest BCUT2D eigenvalue weighted by Crippen LogP contribution is 2.44. The Balaban J connectivity index is 1.65. The van der Waals surface area contributed by atoms with Crippen LogP contribution in [0.4, 0.5) is 4.79 Å². The summed E-state index contributed by atoms with van der Waals surface area (Å²) >= 11 is 5.83. The first-order valence-corrected chi connectivity index (χ1v) is 9.74. The second-order valence-electron chi connectivity index (χ2n) is 7.71. The first-order valence-electron chi connectivity index (χ1n) is 9.20. The lowest BCUT2D eigenvalue weighted by Gasteiger charge is -2.23. The van der Waals surface area contributed by atoms with Crippen molar-refractivity contribution in [2.24, 2.45) is 0 Å². The SMILES string of the molecule is CC(C)(C)OC(=O)[C@H](CCl)NC(=O)OCC1c2ccccc2-c2ccccc21. The number of amides is 1. The van der Waals surface area contributed by atoms with Gasteiger partial charge in [-0.25, -0.2) is 9.59 Å². The standard InChI is InChI=1S/C22H24ClNO4/c1-22(2,3)28-20(25)19(12-23)24-21(26)27-13-18-16-10-6-4-8-14(16)15-9-5-7-11-17(15)18/h4-11,18-19H,12-13H2,1-3H3,(H,24,26)/t19-/m0/s1. The van der Waals surface area contributed by atoms with Gasteiger partial charge >= 0.3 is 12.1 Å². The average molecular weight is 402 g/mol. The fourth-order valence-electron chi connectivity index (χ4n) is 3.32. The fourth-order valence-corrected chi connectivity index (χ4v) is 3.52. The van der Waals surface area contributed by atoms with E-state index in [1.807, 2.05) is 36.4 Å². The van der Waals surface area contributed by atoms with E-state index in [-0.39, 0.29) is 18.4 Å². The molecular formula is C22H24ClNO4. The zero-order valence-corrected chi connectivity index (χ0v) is 17.0. The van der Waals surface area contributed by atoms with Gasteiger partial charge in [0.25, 0.3) is 0 Å². The molecule has 1 N–H and O–H groups in total. The fraction of sp³-hybridized carbons (Fsp3) is 0.364. The molecule has 0 saturated carbocycles. The quantitative estimate of drug-likeness (QED) is 0.592. The molecule has 0 unspecified atom stereocenters. The van der Waals surface area contributed by atoms with Crippen molar-refractivity contribution in [2.45, 2.75) is 38.3 Å². The van der Waals surface area contributed by atoms with Crippen LogP contribution in [-0.2, 0) is 14.3 Å². The summed E-state index contributed by atoms with van der Waals surface area (Å²) in [5, 5.41) is 2.49. The molecule has 0 fully saturated rings. The highest BCUT2D eigenvalue weighted by Gasteiger charge is 2.30. The van der Waals surface area contributed by atoms with Crippen molar-refractivity contribution in [3.8, 4) is 11.1 Å². The number of carbonyl (C=O) groups is 2. The van der Waals surface area contributed by atoms with Crippen LogP contribution in [0.2, 0.25) is 0 Å². The number of alkyl halides is 1. The van der Waals surface area contributed by atoms with Gasteiger partial charge in [-0.05, 0) is 43.0 Å². The third-order valence-electron chi connectivity index (χ3n) is 4.48. The van der Waals surface area contributed by atoms with Gasteiger partial charge in [0.1, 0.15) is 18.2 Å². The first-order chi connectivity index (χ1) is 13.3. The molecule has 5 nitrogen and oxygen atoms in total. The van der Waals surface area contributed by atoms with Crippen molar-refractivity contribution in [1.29, 1.82) is 0 Å². The van der Waals surface area contributed by atoms with Crippen molar-refractivity contribution < 1.29 is 19.1 Å². The summed E-state index contributed by atoms with van der Waals surface area (Å²) in [6.07, 6.45) is -0.696. The molecule has 1 amide bonds. The van der Waals surface area contributed by atoms with E-state index in [4.69, 9.17) is 21.1 Å². The Bertz CT molecular complexity index is 829. The summed E-state index contributed by atoms with van der Waals surface area (Å²) in [4.78, 5) is 24.4. The van der Waals surface area contributed by atoms with Gasteiger partial charge < -0.3 is 14.8 Å². The van der Waals surface area contributed by atoms with Crippen molar-refractivity contribution >= 4 is 23.7 Å². The van der Waals surface area contributed by atoms with Crippen LogP contribution in [0.15, 0.2) is 48.5 Å².